The molecule has 0 spiro atoms. The summed E-state index contributed by atoms with van der Waals surface area (Å²) in [6.45, 7) is 1.73. The third-order valence-corrected chi connectivity index (χ3v) is 2.51. The minimum Gasteiger partial charge on any atom is -0.370 e. The Labute approximate surface area is 112 Å². The van der Waals surface area contributed by atoms with Crippen molar-refractivity contribution in [1.29, 1.82) is 0 Å². The van der Waals surface area contributed by atoms with Gasteiger partial charge in [-0.25, -0.2) is 10.8 Å². The lowest BCUT2D eigenvalue weighted by atomic mass is 10.3. The Bertz CT molecular complexity index is 424. The lowest BCUT2D eigenvalue weighted by molar-refractivity contribution is -0.384. The first-order valence-corrected chi connectivity index (χ1v) is 6.04. The summed E-state index contributed by atoms with van der Waals surface area (Å²) in [5.41, 5.74) is 2.27. The molecule has 0 atom stereocenters. The Morgan fingerprint density at radius 2 is 2.05 bits per heavy atom. The molecule has 4 N–H and O–H groups in total. The Morgan fingerprint density at radius 1 is 1.37 bits per heavy atom. The number of aromatic nitrogens is 1. The van der Waals surface area contributed by atoms with E-state index in [4.69, 9.17) is 5.84 Å². The fourth-order valence-corrected chi connectivity index (χ4v) is 1.56. The number of rotatable bonds is 8. The minimum absolute atomic E-state index is 0.0428. The van der Waals surface area contributed by atoms with Crippen LogP contribution in [0, 0.1) is 10.1 Å². The maximum absolute atomic E-state index is 10.7. The van der Waals surface area contributed by atoms with Crippen molar-refractivity contribution in [2.24, 2.45) is 5.84 Å². The summed E-state index contributed by atoms with van der Waals surface area (Å²) in [5, 5.41) is 13.8. The Kier molecular flexibility index (Phi) is 5.97. The molecule has 1 aromatic heterocycles. The fraction of sp³-hybridized carbons (Fsp3) is 0.545. The molecule has 0 unspecified atom stereocenters. The number of nitro groups is 1. The second-order valence-corrected chi connectivity index (χ2v) is 4.43. The Morgan fingerprint density at radius 3 is 2.63 bits per heavy atom. The number of anilines is 2. The van der Waals surface area contributed by atoms with Crippen LogP contribution in [0.4, 0.5) is 17.3 Å². The molecule has 8 nitrogen and oxygen atoms in total. The summed E-state index contributed by atoms with van der Waals surface area (Å²) >= 11 is 0. The smallest absolute Gasteiger partial charge is 0.276 e. The largest absolute Gasteiger partial charge is 0.370 e. The van der Waals surface area contributed by atoms with Crippen LogP contribution < -0.4 is 16.6 Å². The first-order chi connectivity index (χ1) is 9.02. The number of hydrazine groups is 1. The molecular formula is C11H20N6O2. The summed E-state index contributed by atoms with van der Waals surface area (Å²) < 4.78 is 0. The van der Waals surface area contributed by atoms with Gasteiger partial charge < -0.3 is 15.6 Å². The van der Waals surface area contributed by atoms with Crippen molar-refractivity contribution < 1.29 is 4.92 Å². The van der Waals surface area contributed by atoms with Crippen molar-refractivity contribution in [2.45, 2.75) is 12.8 Å². The van der Waals surface area contributed by atoms with E-state index in [1.165, 1.54) is 12.1 Å². The number of pyridine rings is 1. The number of nitrogen functional groups attached to an aromatic ring is 1. The van der Waals surface area contributed by atoms with Crippen molar-refractivity contribution in [3.63, 3.8) is 0 Å². The van der Waals surface area contributed by atoms with Gasteiger partial charge in [-0.3, -0.25) is 10.1 Å². The zero-order valence-electron chi connectivity index (χ0n) is 11.2. The van der Waals surface area contributed by atoms with Gasteiger partial charge in [0, 0.05) is 6.54 Å². The Balaban J connectivity index is 2.53. The lowest BCUT2D eigenvalue weighted by Gasteiger charge is -2.10. The molecule has 1 aromatic rings. The number of nitrogens with one attached hydrogen (secondary N) is 2. The standard InChI is InChI=1S/C11H20N6O2/c1-16(2)6-4-3-5-13-10-7-9(17(18)19)8-11(14-10)15-12/h7-8H,3-6,12H2,1-2H3,(H2,13,14,15). The van der Waals surface area contributed by atoms with E-state index in [0.717, 1.165) is 19.4 Å². The van der Waals surface area contributed by atoms with Crippen LogP contribution in [-0.2, 0) is 0 Å². The van der Waals surface area contributed by atoms with E-state index in [9.17, 15) is 10.1 Å². The molecule has 19 heavy (non-hydrogen) atoms. The molecule has 106 valence electrons. The lowest BCUT2D eigenvalue weighted by Crippen LogP contribution is -2.15. The van der Waals surface area contributed by atoms with Crippen LogP contribution in [0.3, 0.4) is 0 Å². The molecule has 1 heterocycles. The second kappa shape index (κ2) is 7.49. The van der Waals surface area contributed by atoms with Crippen molar-refractivity contribution >= 4 is 17.3 Å². The Hall–Kier alpha value is -1.93. The molecule has 0 aliphatic carbocycles. The summed E-state index contributed by atoms with van der Waals surface area (Å²) in [6, 6.07) is 2.68. The molecular weight excluding hydrogens is 248 g/mol. The van der Waals surface area contributed by atoms with Gasteiger partial charge in [0.15, 0.2) is 0 Å². The summed E-state index contributed by atoms with van der Waals surface area (Å²) in [6.07, 6.45) is 2.02. The molecule has 1 rings (SSSR count). The molecule has 0 bridgehead atoms. The van der Waals surface area contributed by atoms with Crippen LogP contribution in [-0.4, -0.2) is 42.0 Å². The van der Waals surface area contributed by atoms with Crippen LogP contribution in [0.1, 0.15) is 12.8 Å². The molecule has 0 aliphatic heterocycles. The van der Waals surface area contributed by atoms with Gasteiger partial charge >= 0.3 is 0 Å². The molecule has 0 fully saturated rings. The van der Waals surface area contributed by atoms with Crippen molar-refractivity contribution in [3.05, 3.63) is 22.2 Å². The van der Waals surface area contributed by atoms with Crippen LogP contribution in [0.15, 0.2) is 12.1 Å². The van der Waals surface area contributed by atoms with Gasteiger partial charge in [-0.15, -0.1) is 0 Å². The summed E-state index contributed by atoms with van der Waals surface area (Å²) in [5.74, 6) is 5.95. The molecule has 0 saturated heterocycles. The topological polar surface area (TPSA) is 109 Å². The van der Waals surface area contributed by atoms with Crippen LogP contribution in [0.5, 0.6) is 0 Å². The van der Waals surface area contributed by atoms with Gasteiger partial charge in [0.2, 0.25) is 0 Å². The average Bonchev–Trinajstić information content (AvgIpc) is 2.37. The third-order valence-electron chi connectivity index (χ3n) is 2.51. The highest BCUT2D eigenvalue weighted by Gasteiger charge is 2.10. The first-order valence-electron chi connectivity index (χ1n) is 6.04. The highest BCUT2D eigenvalue weighted by molar-refractivity contribution is 5.54. The summed E-state index contributed by atoms with van der Waals surface area (Å²) in [4.78, 5) is 16.5. The number of nitrogens with two attached hydrogens (primary N) is 1. The normalized spacial score (nSPS) is 10.5. The number of hydrogen-bond donors (Lipinski definition) is 3. The van der Waals surface area contributed by atoms with Gasteiger partial charge in [-0.05, 0) is 33.5 Å². The van der Waals surface area contributed by atoms with Gasteiger partial charge in [-0.2, -0.15) is 0 Å². The van der Waals surface area contributed by atoms with Crippen molar-refractivity contribution in [2.75, 3.05) is 37.9 Å². The van der Waals surface area contributed by atoms with Gasteiger partial charge in [0.1, 0.15) is 11.6 Å². The van der Waals surface area contributed by atoms with E-state index < -0.39 is 4.92 Å². The molecule has 0 saturated carbocycles. The second-order valence-electron chi connectivity index (χ2n) is 4.43. The summed E-state index contributed by atoms with van der Waals surface area (Å²) in [7, 11) is 4.05. The predicted molar refractivity (Wildman–Crippen MR) is 75.0 cm³/mol. The maximum atomic E-state index is 10.7. The molecule has 0 aliphatic rings. The molecule has 0 radical (unpaired) electrons. The highest BCUT2D eigenvalue weighted by atomic mass is 16.6. The zero-order valence-corrected chi connectivity index (χ0v) is 11.2. The van der Waals surface area contributed by atoms with E-state index in [2.05, 4.69) is 20.6 Å². The third kappa shape index (κ3) is 5.49. The highest BCUT2D eigenvalue weighted by Crippen LogP contribution is 2.19. The van der Waals surface area contributed by atoms with E-state index in [-0.39, 0.29) is 11.5 Å². The fourth-order valence-electron chi connectivity index (χ4n) is 1.56. The molecule has 0 aromatic carbocycles. The number of unbranched alkanes of at least 4 members (excludes halogenated alkanes) is 1. The van der Waals surface area contributed by atoms with Gasteiger partial charge in [0.25, 0.3) is 5.69 Å². The van der Waals surface area contributed by atoms with E-state index in [0.29, 0.717) is 12.4 Å². The average molecular weight is 268 g/mol. The first kappa shape index (κ1) is 15.1. The quantitative estimate of drug-likeness (QED) is 0.279. The number of nitrogens with zero attached hydrogens (tertiary/aromatic N) is 3. The molecule has 0 amide bonds. The van der Waals surface area contributed by atoms with Crippen molar-refractivity contribution in [3.8, 4) is 0 Å². The van der Waals surface area contributed by atoms with Crippen LogP contribution >= 0.6 is 0 Å². The SMILES string of the molecule is CN(C)CCCCNc1cc([N+](=O)[O-])cc(NN)n1. The van der Waals surface area contributed by atoms with Gasteiger partial charge in [0.05, 0.1) is 17.1 Å². The van der Waals surface area contributed by atoms with E-state index >= 15 is 0 Å². The van der Waals surface area contributed by atoms with Crippen molar-refractivity contribution in [1.82, 2.24) is 9.88 Å². The minimum atomic E-state index is -0.472. The number of hydrogen-bond acceptors (Lipinski definition) is 7. The van der Waals surface area contributed by atoms with Crippen LogP contribution in [0.2, 0.25) is 0 Å². The monoisotopic (exact) mass is 268 g/mol. The zero-order chi connectivity index (χ0) is 14.3. The maximum Gasteiger partial charge on any atom is 0.276 e. The van der Waals surface area contributed by atoms with Crippen LogP contribution in [0.25, 0.3) is 0 Å². The predicted octanol–water partition coefficient (Wildman–Crippen LogP) is 1.03. The van der Waals surface area contributed by atoms with E-state index in [1.54, 1.807) is 0 Å². The van der Waals surface area contributed by atoms with Gasteiger partial charge in [-0.1, -0.05) is 0 Å². The molecule has 8 heteroatoms. The van der Waals surface area contributed by atoms with E-state index in [1.807, 2.05) is 14.1 Å².